The summed E-state index contributed by atoms with van der Waals surface area (Å²) in [6.07, 6.45) is 6.66. The molecule has 0 bridgehead atoms. The summed E-state index contributed by atoms with van der Waals surface area (Å²) in [6, 6.07) is 8.32. The Morgan fingerprint density at radius 2 is 1.95 bits per heavy atom. The maximum Gasteiger partial charge on any atom is 0.137 e. The number of nitrogens with zero attached hydrogens (tertiary/aromatic N) is 1. The number of carbonyl (C=O) groups excluding carboxylic acids is 1. The Labute approximate surface area is 115 Å². The number of rotatable bonds is 7. The van der Waals surface area contributed by atoms with Crippen LogP contribution >= 0.6 is 0 Å². The molecule has 1 aromatic carbocycles. The van der Waals surface area contributed by atoms with Crippen LogP contribution in [0.25, 0.3) is 0 Å². The average molecular weight is 261 g/mol. The number of aldehydes is 1. The van der Waals surface area contributed by atoms with E-state index in [0.717, 1.165) is 44.4 Å². The Balaban J connectivity index is 1.76. The first-order chi connectivity index (χ1) is 9.33. The predicted molar refractivity (Wildman–Crippen MR) is 76.6 cm³/mol. The van der Waals surface area contributed by atoms with Crippen molar-refractivity contribution in [2.75, 3.05) is 20.2 Å². The van der Waals surface area contributed by atoms with Crippen LogP contribution in [0.4, 0.5) is 0 Å². The normalized spacial score (nSPS) is 17.3. The van der Waals surface area contributed by atoms with Crippen molar-refractivity contribution < 1.29 is 9.53 Å². The Morgan fingerprint density at radius 3 is 2.53 bits per heavy atom. The minimum atomic E-state index is 0.126. The van der Waals surface area contributed by atoms with E-state index in [1.807, 2.05) is 12.1 Å². The summed E-state index contributed by atoms with van der Waals surface area (Å²) in [5.74, 6) is 0.895. The lowest BCUT2D eigenvalue weighted by Crippen LogP contribution is -2.33. The first kappa shape index (κ1) is 14.1. The highest BCUT2D eigenvalue weighted by atomic mass is 16.5. The lowest BCUT2D eigenvalue weighted by atomic mass is 10.0. The number of carbonyl (C=O) groups is 1. The Hall–Kier alpha value is -1.35. The van der Waals surface area contributed by atoms with Crippen molar-refractivity contribution in [2.24, 2.45) is 0 Å². The summed E-state index contributed by atoms with van der Waals surface area (Å²) in [7, 11) is 1.68. The molecule has 1 saturated heterocycles. The molecule has 1 heterocycles. The largest absolute Gasteiger partial charge is 0.497 e. The molecule has 0 spiro atoms. The lowest BCUT2D eigenvalue weighted by Gasteiger charge is -2.22. The maximum absolute atomic E-state index is 11.2. The minimum Gasteiger partial charge on any atom is -0.497 e. The molecule has 1 aliphatic heterocycles. The maximum atomic E-state index is 11.2. The zero-order valence-corrected chi connectivity index (χ0v) is 11.7. The number of hydrogen-bond acceptors (Lipinski definition) is 3. The van der Waals surface area contributed by atoms with Crippen LogP contribution in [0.15, 0.2) is 24.3 Å². The number of benzene rings is 1. The number of ether oxygens (including phenoxy) is 1. The predicted octanol–water partition coefficient (Wildman–Crippen LogP) is 2.68. The molecule has 0 radical (unpaired) electrons. The van der Waals surface area contributed by atoms with Gasteiger partial charge in [-0.3, -0.25) is 4.90 Å². The molecule has 1 aliphatic rings. The van der Waals surface area contributed by atoms with Gasteiger partial charge in [-0.25, -0.2) is 0 Å². The average Bonchev–Trinajstić information content (AvgIpc) is 2.98. The van der Waals surface area contributed by atoms with Crippen molar-refractivity contribution in [1.82, 2.24) is 4.90 Å². The molecule has 1 atom stereocenters. The van der Waals surface area contributed by atoms with Gasteiger partial charge in [0, 0.05) is 0 Å². The van der Waals surface area contributed by atoms with Gasteiger partial charge in [0.25, 0.3) is 0 Å². The van der Waals surface area contributed by atoms with E-state index in [1.165, 1.54) is 18.4 Å². The molecule has 1 aromatic rings. The van der Waals surface area contributed by atoms with Crippen LogP contribution in [-0.2, 0) is 11.2 Å². The molecule has 0 aromatic heterocycles. The smallest absolute Gasteiger partial charge is 0.137 e. The molecule has 19 heavy (non-hydrogen) atoms. The van der Waals surface area contributed by atoms with E-state index in [4.69, 9.17) is 4.74 Å². The van der Waals surface area contributed by atoms with E-state index < -0.39 is 0 Å². The van der Waals surface area contributed by atoms with Crippen molar-refractivity contribution in [3.8, 4) is 5.75 Å². The number of hydrogen-bond donors (Lipinski definition) is 0. The first-order valence-corrected chi connectivity index (χ1v) is 7.16. The van der Waals surface area contributed by atoms with Gasteiger partial charge in [0.1, 0.15) is 12.0 Å². The summed E-state index contributed by atoms with van der Waals surface area (Å²) >= 11 is 0. The van der Waals surface area contributed by atoms with Gasteiger partial charge in [0.2, 0.25) is 0 Å². The van der Waals surface area contributed by atoms with Gasteiger partial charge in [-0.05, 0) is 62.9 Å². The minimum absolute atomic E-state index is 0.126. The summed E-state index contributed by atoms with van der Waals surface area (Å²) in [5, 5.41) is 0. The van der Waals surface area contributed by atoms with Gasteiger partial charge in [-0.1, -0.05) is 12.1 Å². The van der Waals surface area contributed by atoms with Gasteiger partial charge in [-0.2, -0.15) is 0 Å². The molecule has 104 valence electrons. The van der Waals surface area contributed by atoms with Gasteiger partial charge < -0.3 is 9.53 Å². The van der Waals surface area contributed by atoms with Crippen LogP contribution < -0.4 is 4.74 Å². The molecular weight excluding hydrogens is 238 g/mol. The van der Waals surface area contributed by atoms with E-state index in [0.29, 0.717) is 0 Å². The molecule has 1 fully saturated rings. The molecule has 2 rings (SSSR count). The third-order valence-corrected chi connectivity index (χ3v) is 3.89. The molecule has 0 N–H and O–H groups in total. The highest BCUT2D eigenvalue weighted by Gasteiger charge is 2.20. The molecular formula is C16H23NO2. The second-order valence-corrected chi connectivity index (χ2v) is 5.19. The van der Waals surface area contributed by atoms with Gasteiger partial charge in [0.15, 0.2) is 0 Å². The second kappa shape index (κ2) is 7.29. The first-order valence-electron chi connectivity index (χ1n) is 7.16. The summed E-state index contributed by atoms with van der Waals surface area (Å²) in [5.41, 5.74) is 1.31. The fraction of sp³-hybridized carbons (Fsp3) is 0.562. The third kappa shape index (κ3) is 4.06. The number of methoxy groups -OCH3 is 1. The van der Waals surface area contributed by atoms with Crippen LogP contribution in [0, 0.1) is 0 Å². The molecule has 3 heteroatoms. The van der Waals surface area contributed by atoms with Gasteiger partial charge >= 0.3 is 0 Å². The van der Waals surface area contributed by atoms with E-state index in [1.54, 1.807) is 7.11 Å². The van der Waals surface area contributed by atoms with E-state index >= 15 is 0 Å². The Morgan fingerprint density at radius 1 is 1.26 bits per heavy atom. The quantitative estimate of drug-likeness (QED) is 0.707. The van der Waals surface area contributed by atoms with Crippen molar-refractivity contribution >= 4 is 6.29 Å². The van der Waals surface area contributed by atoms with Crippen LogP contribution in [0.2, 0.25) is 0 Å². The van der Waals surface area contributed by atoms with Crippen LogP contribution in [0.3, 0.4) is 0 Å². The van der Waals surface area contributed by atoms with Crippen LogP contribution in [0.5, 0.6) is 5.75 Å². The Bertz CT molecular complexity index is 382. The fourth-order valence-electron chi connectivity index (χ4n) is 2.72. The van der Waals surface area contributed by atoms with Crippen molar-refractivity contribution in [3.63, 3.8) is 0 Å². The molecule has 3 nitrogen and oxygen atoms in total. The topological polar surface area (TPSA) is 29.5 Å². The number of likely N-dealkylation sites (tertiary alicyclic amines) is 1. The van der Waals surface area contributed by atoms with Crippen LogP contribution in [0.1, 0.15) is 31.2 Å². The SMILES string of the molecule is COc1ccc(CCCC(C=O)N2CCCC2)cc1. The third-order valence-electron chi connectivity index (χ3n) is 3.89. The zero-order valence-electron chi connectivity index (χ0n) is 11.7. The highest BCUT2D eigenvalue weighted by molar-refractivity contribution is 5.57. The van der Waals surface area contributed by atoms with Crippen molar-refractivity contribution in [2.45, 2.75) is 38.1 Å². The summed E-state index contributed by atoms with van der Waals surface area (Å²) in [6.45, 7) is 2.18. The van der Waals surface area contributed by atoms with E-state index in [-0.39, 0.29) is 6.04 Å². The molecule has 0 aliphatic carbocycles. The summed E-state index contributed by atoms with van der Waals surface area (Å²) < 4.78 is 5.14. The molecule has 0 saturated carbocycles. The highest BCUT2D eigenvalue weighted by Crippen LogP contribution is 2.17. The zero-order chi connectivity index (χ0) is 13.5. The second-order valence-electron chi connectivity index (χ2n) is 5.19. The summed E-state index contributed by atoms with van der Waals surface area (Å²) in [4.78, 5) is 13.5. The van der Waals surface area contributed by atoms with Crippen molar-refractivity contribution in [3.05, 3.63) is 29.8 Å². The number of aryl methyl sites for hydroxylation is 1. The van der Waals surface area contributed by atoms with Crippen molar-refractivity contribution in [1.29, 1.82) is 0 Å². The molecule has 0 amide bonds. The Kier molecular flexibility index (Phi) is 5.40. The van der Waals surface area contributed by atoms with Gasteiger partial charge in [0.05, 0.1) is 13.2 Å². The van der Waals surface area contributed by atoms with Crippen LogP contribution in [-0.4, -0.2) is 37.4 Å². The van der Waals surface area contributed by atoms with E-state index in [9.17, 15) is 4.79 Å². The fourth-order valence-corrected chi connectivity index (χ4v) is 2.72. The molecule has 1 unspecified atom stereocenters. The van der Waals surface area contributed by atoms with Gasteiger partial charge in [-0.15, -0.1) is 0 Å². The van der Waals surface area contributed by atoms with E-state index in [2.05, 4.69) is 17.0 Å². The lowest BCUT2D eigenvalue weighted by molar-refractivity contribution is -0.112. The standard InChI is InChI=1S/C16H23NO2/c1-19-16-9-7-14(8-10-16)5-4-6-15(13-18)17-11-2-3-12-17/h7-10,13,15H,2-6,11-12H2,1H3. The monoisotopic (exact) mass is 261 g/mol.